The molecule has 0 spiro atoms. The van der Waals surface area contributed by atoms with Gasteiger partial charge < -0.3 is 20.5 Å². The van der Waals surface area contributed by atoms with Gasteiger partial charge in [-0.3, -0.25) is 9.59 Å². The number of hydrogen-bond donors (Lipinski definition) is 3. The minimum atomic E-state index is -0.528. The molecule has 3 aliphatic rings. The number of fused-ring (bicyclic) bond motifs is 3. The zero-order chi connectivity index (χ0) is 18.1. The number of hydrogen-bond acceptors (Lipinski definition) is 6. The first-order chi connectivity index (χ1) is 11.8. The maximum atomic E-state index is 12.4. The average Bonchev–Trinajstić information content (AvgIpc) is 2.61. The highest BCUT2D eigenvalue weighted by Gasteiger charge is 2.47. The molecule has 2 bridgehead atoms. The van der Waals surface area contributed by atoms with Crippen LogP contribution < -0.4 is 10.6 Å². The van der Waals surface area contributed by atoms with E-state index in [0.29, 0.717) is 11.3 Å². The molecule has 0 aromatic carbocycles. The normalized spacial score (nSPS) is 27.6. The van der Waals surface area contributed by atoms with E-state index in [2.05, 4.69) is 20.4 Å². The molecule has 1 amide bonds. The Labute approximate surface area is 151 Å². The number of methoxy groups -OCH3 is 1. The number of nitrogens with zero attached hydrogens (tertiary/aromatic N) is 1. The van der Waals surface area contributed by atoms with Crippen molar-refractivity contribution in [2.24, 2.45) is 0 Å². The lowest BCUT2D eigenvalue weighted by molar-refractivity contribution is -0.139. The Balaban J connectivity index is 1.78. The number of carbonyl (C=O) groups is 2. The number of pyridine rings is 1. The summed E-state index contributed by atoms with van der Waals surface area (Å²) in [7, 11) is 1.26. The third kappa shape index (κ3) is 3.88. The van der Waals surface area contributed by atoms with Crippen LogP contribution in [0.15, 0.2) is 12.3 Å². The van der Waals surface area contributed by atoms with Crippen LogP contribution in [-0.2, 0) is 9.53 Å². The highest BCUT2D eigenvalue weighted by atomic mass is 35.5. The summed E-state index contributed by atoms with van der Waals surface area (Å²) in [5.41, 5.74) is 0.246. The predicted octanol–water partition coefficient (Wildman–Crippen LogP) is 1.89. The first-order valence-electron chi connectivity index (χ1n) is 8.36. The molecule has 0 saturated heterocycles. The maximum Gasteiger partial charge on any atom is 0.325 e. The van der Waals surface area contributed by atoms with E-state index in [0.717, 1.165) is 38.5 Å². The van der Waals surface area contributed by atoms with Crippen LogP contribution in [0.2, 0.25) is 5.15 Å². The number of rotatable bonds is 5. The molecular weight excluding hydrogens is 346 g/mol. The van der Waals surface area contributed by atoms with E-state index in [1.807, 2.05) is 0 Å². The van der Waals surface area contributed by atoms with Crippen molar-refractivity contribution >= 4 is 29.2 Å². The molecule has 1 aromatic rings. The van der Waals surface area contributed by atoms with Crippen molar-refractivity contribution in [2.75, 3.05) is 19.0 Å². The standard InChI is InChI=1S/C17H22ClN3O4/c1-25-14(22)10-20-15(23)11-9-19-13(18)8-12(11)21-16-2-5-17(24,6-3-16)7-4-16/h8-9,24H,2-7,10H2,1H3,(H,19,21)(H,20,23). The molecule has 25 heavy (non-hydrogen) atoms. The number of halogens is 1. The summed E-state index contributed by atoms with van der Waals surface area (Å²) in [5.74, 6) is -0.946. The van der Waals surface area contributed by atoms with Gasteiger partial charge in [-0.15, -0.1) is 0 Å². The number of aliphatic hydroxyl groups is 1. The van der Waals surface area contributed by atoms with E-state index < -0.39 is 17.5 Å². The molecule has 3 fully saturated rings. The van der Waals surface area contributed by atoms with E-state index in [1.54, 1.807) is 6.07 Å². The van der Waals surface area contributed by atoms with Crippen molar-refractivity contribution in [1.82, 2.24) is 10.3 Å². The molecule has 4 rings (SSSR count). The Morgan fingerprint density at radius 2 is 1.92 bits per heavy atom. The monoisotopic (exact) mass is 367 g/mol. The topological polar surface area (TPSA) is 101 Å². The van der Waals surface area contributed by atoms with Gasteiger partial charge in [0.1, 0.15) is 11.7 Å². The summed E-state index contributed by atoms with van der Waals surface area (Å²) < 4.78 is 4.53. The zero-order valence-corrected chi connectivity index (χ0v) is 14.9. The minimum absolute atomic E-state index is 0.146. The van der Waals surface area contributed by atoms with Gasteiger partial charge in [0.15, 0.2) is 0 Å². The Morgan fingerprint density at radius 1 is 1.28 bits per heavy atom. The third-order valence-electron chi connectivity index (χ3n) is 5.34. The van der Waals surface area contributed by atoms with Crippen molar-refractivity contribution in [1.29, 1.82) is 0 Å². The number of carbonyl (C=O) groups excluding carboxylic acids is 2. The van der Waals surface area contributed by atoms with Crippen LogP contribution in [0.25, 0.3) is 0 Å². The first kappa shape index (κ1) is 17.9. The molecule has 136 valence electrons. The van der Waals surface area contributed by atoms with Crippen LogP contribution in [0.3, 0.4) is 0 Å². The molecule has 1 aromatic heterocycles. The van der Waals surface area contributed by atoms with E-state index in [-0.39, 0.29) is 17.2 Å². The summed E-state index contributed by atoms with van der Waals surface area (Å²) in [6, 6.07) is 1.62. The second-order valence-corrected chi connectivity index (χ2v) is 7.33. The Morgan fingerprint density at radius 3 is 2.52 bits per heavy atom. The van der Waals surface area contributed by atoms with E-state index >= 15 is 0 Å². The highest BCUT2D eigenvalue weighted by Crippen LogP contribution is 2.48. The van der Waals surface area contributed by atoms with Crippen molar-refractivity contribution in [2.45, 2.75) is 49.7 Å². The fraction of sp³-hybridized carbons (Fsp3) is 0.588. The van der Waals surface area contributed by atoms with Crippen molar-refractivity contribution < 1.29 is 19.4 Å². The van der Waals surface area contributed by atoms with Gasteiger partial charge in [-0.2, -0.15) is 0 Å². The second-order valence-electron chi connectivity index (χ2n) is 6.94. The Kier molecular flexibility index (Phi) is 4.88. The lowest BCUT2D eigenvalue weighted by Gasteiger charge is -2.51. The van der Waals surface area contributed by atoms with Gasteiger partial charge in [-0.1, -0.05) is 11.6 Å². The fourth-order valence-electron chi connectivity index (χ4n) is 3.67. The van der Waals surface area contributed by atoms with Crippen LogP contribution >= 0.6 is 11.6 Å². The molecule has 0 aliphatic heterocycles. The minimum Gasteiger partial charge on any atom is -0.468 e. The molecule has 1 heterocycles. The zero-order valence-electron chi connectivity index (χ0n) is 14.1. The molecule has 0 atom stereocenters. The van der Waals surface area contributed by atoms with Crippen molar-refractivity contribution in [3.8, 4) is 0 Å². The van der Waals surface area contributed by atoms with Gasteiger partial charge >= 0.3 is 5.97 Å². The van der Waals surface area contributed by atoms with Gasteiger partial charge in [0.25, 0.3) is 5.91 Å². The number of esters is 1. The number of ether oxygens (including phenoxy) is 1. The van der Waals surface area contributed by atoms with Crippen molar-refractivity contribution in [3.63, 3.8) is 0 Å². The van der Waals surface area contributed by atoms with Gasteiger partial charge in [0.2, 0.25) is 0 Å². The van der Waals surface area contributed by atoms with E-state index in [1.165, 1.54) is 13.3 Å². The van der Waals surface area contributed by atoms with Crippen LogP contribution in [0, 0.1) is 0 Å². The predicted molar refractivity (Wildman–Crippen MR) is 92.6 cm³/mol. The first-order valence-corrected chi connectivity index (χ1v) is 8.74. The summed E-state index contributed by atoms with van der Waals surface area (Å²) in [5, 5.41) is 16.6. The van der Waals surface area contributed by atoms with Crippen LogP contribution in [0.1, 0.15) is 48.9 Å². The van der Waals surface area contributed by atoms with Crippen LogP contribution in [-0.4, -0.2) is 46.8 Å². The summed E-state index contributed by atoms with van der Waals surface area (Å²) in [4.78, 5) is 27.6. The number of amides is 1. The fourth-order valence-corrected chi connectivity index (χ4v) is 3.83. The second kappa shape index (κ2) is 6.80. The van der Waals surface area contributed by atoms with Crippen LogP contribution in [0.5, 0.6) is 0 Å². The average molecular weight is 368 g/mol. The largest absolute Gasteiger partial charge is 0.468 e. The Hall–Kier alpha value is -1.86. The quantitative estimate of drug-likeness (QED) is 0.542. The number of aromatic nitrogens is 1. The molecule has 8 heteroatoms. The lowest BCUT2D eigenvalue weighted by atomic mass is 9.63. The lowest BCUT2D eigenvalue weighted by Crippen LogP contribution is -2.54. The molecular formula is C17H22ClN3O4. The summed E-state index contributed by atoms with van der Waals surface area (Å²) in [6.07, 6.45) is 6.18. The summed E-state index contributed by atoms with van der Waals surface area (Å²) >= 11 is 6.01. The third-order valence-corrected chi connectivity index (χ3v) is 5.55. The van der Waals surface area contributed by atoms with Crippen LogP contribution in [0.4, 0.5) is 5.69 Å². The smallest absolute Gasteiger partial charge is 0.325 e. The maximum absolute atomic E-state index is 12.4. The highest BCUT2D eigenvalue weighted by molar-refractivity contribution is 6.29. The number of nitrogens with one attached hydrogen (secondary N) is 2. The summed E-state index contributed by atoms with van der Waals surface area (Å²) in [6.45, 7) is -0.213. The van der Waals surface area contributed by atoms with Gasteiger partial charge in [0.05, 0.1) is 24.0 Å². The molecule has 3 N–H and O–H groups in total. The molecule has 3 saturated carbocycles. The van der Waals surface area contributed by atoms with E-state index in [4.69, 9.17) is 11.6 Å². The van der Waals surface area contributed by atoms with E-state index in [9.17, 15) is 14.7 Å². The Bertz CT molecular complexity index is 670. The number of anilines is 1. The molecule has 0 unspecified atom stereocenters. The molecule has 3 aliphatic carbocycles. The van der Waals surface area contributed by atoms with Gasteiger partial charge in [0, 0.05) is 11.7 Å². The molecule has 0 radical (unpaired) electrons. The van der Waals surface area contributed by atoms with Crippen molar-refractivity contribution in [3.05, 3.63) is 23.0 Å². The van der Waals surface area contributed by atoms with Gasteiger partial charge in [-0.05, 0) is 44.6 Å². The SMILES string of the molecule is COC(=O)CNC(=O)c1cnc(Cl)cc1NC12CCC(O)(CC1)CC2. The van der Waals surface area contributed by atoms with Gasteiger partial charge in [-0.25, -0.2) is 4.98 Å². The molecule has 7 nitrogen and oxygen atoms in total.